The normalized spacial score (nSPS) is 22.0. The molecule has 370 valence electrons. The van der Waals surface area contributed by atoms with Gasteiger partial charge in [-0.2, -0.15) is 17.8 Å². The van der Waals surface area contributed by atoms with Crippen LogP contribution in [-0.2, 0) is 32.6 Å². The molecule has 1 aromatic heterocycles. The summed E-state index contributed by atoms with van der Waals surface area (Å²) in [5.74, 6) is -2.10. The number of carbonyl (C=O) groups is 2. The van der Waals surface area contributed by atoms with Crippen molar-refractivity contribution in [2.75, 3.05) is 32.8 Å². The molecular formula is C51H52Cl2F2N4O10S. The minimum atomic E-state index is -4.62. The van der Waals surface area contributed by atoms with Gasteiger partial charge >= 0.3 is 18.7 Å². The Labute approximate surface area is 414 Å². The molecule has 70 heavy (non-hydrogen) atoms. The zero-order valence-electron chi connectivity index (χ0n) is 37.9. The molecule has 4 aromatic carbocycles. The van der Waals surface area contributed by atoms with Crippen LogP contribution in [0.5, 0.6) is 17.2 Å². The van der Waals surface area contributed by atoms with E-state index in [2.05, 4.69) is 10.2 Å². The first-order valence-corrected chi connectivity index (χ1v) is 25.5. The lowest BCUT2D eigenvalue weighted by atomic mass is 9.74. The zero-order valence-corrected chi connectivity index (χ0v) is 40.3. The van der Waals surface area contributed by atoms with Crippen LogP contribution in [0.2, 0.25) is 10.0 Å². The van der Waals surface area contributed by atoms with E-state index in [9.17, 15) is 28.7 Å². The summed E-state index contributed by atoms with van der Waals surface area (Å²) in [5.41, 5.74) is 0.228. The van der Waals surface area contributed by atoms with Crippen LogP contribution >= 0.6 is 23.2 Å². The smallest absolute Gasteiger partial charge is 0.408 e. The number of alkyl carbamates (subject to hydrolysis) is 1. The van der Waals surface area contributed by atoms with E-state index in [1.54, 1.807) is 30.3 Å². The molecule has 4 saturated heterocycles. The van der Waals surface area contributed by atoms with Gasteiger partial charge in [-0.15, -0.1) is 0 Å². The third kappa shape index (κ3) is 10.8. The molecule has 14 nitrogen and oxygen atoms in total. The molecule has 2 bridgehead atoms. The van der Waals surface area contributed by atoms with Crippen LogP contribution in [0.1, 0.15) is 78.3 Å². The Morgan fingerprint density at radius 1 is 0.857 bits per heavy atom. The zero-order chi connectivity index (χ0) is 49.2. The number of fused-ring (bicyclic) bond motifs is 3. The Morgan fingerprint density at radius 2 is 1.59 bits per heavy atom. The minimum Gasteiger partial charge on any atom is -0.619 e. The molecule has 19 heteroatoms. The van der Waals surface area contributed by atoms with Gasteiger partial charge in [0.15, 0.2) is 23.9 Å². The fraction of sp³-hybridized carbons (Fsp3) is 0.392. The molecule has 5 fully saturated rings. The van der Waals surface area contributed by atoms with E-state index >= 15 is 8.42 Å². The summed E-state index contributed by atoms with van der Waals surface area (Å²) in [4.78, 5) is 29.6. The molecule has 1 amide bonds. The Hall–Kier alpha value is -5.72. The molecule has 0 unspecified atom stereocenters. The quantitative estimate of drug-likeness (QED) is 0.0597. The van der Waals surface area contributed by atoms with Gasteiger partial charge < -0.3 is 34.6 Å². The fourth-order valence-electron chi connectivity index (χ4n) is 10.1. The van der Waals surface area contributed by atoms with Crippen molar-refractivity contribution in [1.82, 2.24) is 14.5 Å². The van der Waals surface area contributed by atoms with E-state index in [0.29, 0.717) is 22.0 Å². The number of halogens is 4. The molecule has 5 heterocycles. The van der Waals surface area contributed by atoms with Crippen molar-refractivity contribution < 1.29 is 55.6 Å². The second-order valence-electron chi connectivity index (χ2n) is 18.4. The van der Waals surface area contributed by atoms with Gasteiger partial charge in [-0.3, -0.25) is 9.69 Å². The number of carbonyl (C=O) groups excluding carboxylic acids is 1. The summed E-state index contributed by atoms with van der Waals surface area (Å²) in [5, 5.41) is 26.6. The molecule has 1 saturated carbocycles. The number of carboxylic acids is 1. The van der Waals surface area contributed by atoms with Gasteiger partial charge in [0, 0.05) is 24.6 Å². The van der Waals surface area contributed by atoms with E-state index in [-0.39, 0.29) is 88.6 Å². The summed E-state index contributed by atoms with van der Waals surface area (Å²) in [6, 6.07) is 26.2. The summed E-state index contributed by atoms with van der Waals surface area (Å²) in [7, 11) is -4.62. The van der Waals surface area contributed by atoms with Gasteiger partial charge in [-0.25, -0.2) is 13.2 Å². The lowest BCUT2D eigenvalue weighted by molar-refractivity contribution is -0.605. The maximum atomic E-state index is 15.0. The maximum absolute atomic E-state index is 15.0. The third-order valence-electron chi connectivity index (χ3n) is 13.9. The van der Waals surface area contributed by atoms with Crippen LogP contribution in [0.25, 0.3) is 0 Å². The molecule has 5 aromatic rings. The predicted molar refractivity (Wildman–Crippen MR) is 255 cm³/mol. The monoisotopic (exact) mass is 1020 g/mol. The molecule has 1 aliphatic carbocycles. The number of ether oxygens (including phenoxy) is 4. The number of alkyl halides is 2. The van der Waals surface area contributed by atoms with Gasteiger partial charge in [-0.05, 0) is 129 Å². The SMILES string of the molecule is O=C(N[C@@H](c1ccccc1)c1cccc(OCc2cccc(S(=O)(=O)N3CCC[C@@]3(C(=O)O)[C@@H](Cc3c(Cl)c[n+]([O-])cc3Cl)c3ccc(OC(F)F)c(OCC4CC4)c3)c2)c1)O[C@H]1CN2CCC1CC2. The highest BCUT2D eigenvalue weighted by molar-refractivity contribution is 7.89. The Bertz CT molecular complexity index is 2800. The number of amides is 1. The van der Waals surface area contributed by atoms with Crippen molar-refractivity contribution in [3.05, 3.63) is 153 Å². The summed E-state index contributed by atoms with van der Waals surface area (Å²) >= 11 is 13.2. The molecular weight excluding hydrogens is 970 g/mol. The van der Waals surface area contributed by atoms with Crippen LogP contribution in [0, 0.1) is 17.0 Å². The average Bonchev–Trinajstić information content (AvgIpc) is 4.07. The van der Waals surface area contributed by atoms with Crippen LogP contribution in [0.4, 0.5) is 13.6 Å². The molecule has 2 N–H and O–H groups in total. The van der Waals surface area contributed by atoms with Crippen LogP contribution in [-0.4, -0.2) is 85.8 Å². The lowest BCUT2D eigenvalue weighted by Gasteiger charge is -2.43. The fourth-order valence-corrected chi connectivity index (χ4v) is 12.6. The molecule has 10 rings (SSSR count). The van der Waals surface area contributed by atoms with Crippen molar-refractivity contribution in [2.45, 2.75) is 86.7 Å². The van der Waals surface area contributed by atoms with E-state index in [1.807, 2.05) is 36.4 Å². The van der Waals surface area contributed by atoms with Gasteiger partial charge in [0.05, 0.1) is 17.5 Å². The number of benzene rings is 4. The molecule has 0 radical (unpaired) electrons. The van der Waals surface area contributed by atoms with Crippen molar-refractivity contribution in [3.8, 4) is 17.2 Å². The third-order valence-corrected chi connectivity index (χ3v) is 16.5. The summed E-state index contributed by atoms with van der Waals surface area (Å²) in [6.45, 7) is -0.500. The summed E-state index contributed by atoms with van der Waals surface area (Å²) < 4.78 is 81.6. The highest BCUT2D eigenvalue weighted by Gasteiger charge is 2.58. The molecule has 5 aliphatic rings. The number of aromatic nitrogens is 1. The van der Waals surface area contributed by atoms with Crippen molar-refractivity contribution in [1.29, 1.82) is 0 Å². The van der Waals surface area contributed by atoms with Crippen LogP contribution in [0.15, 0.2) is 114 Å². The predicted octanol–water partition coefficient (Wildman–Crippen LogP) is 9.14. The summed E-state index contributed by atoms with van der Waals surface area (Å²) in [6.07, 6.45) is 4.90. The van der Waals surface area contributed by atoms with Gasteiger partial charge in [0.2, 0.25) is 10.0 Å². The topological polar surface area (TPSA) is 171 Å². The molecule has 4 atom stereocenters. The second kappa shape index (κ2) is 20.9. The number of hydrogen-bond donors (Lipinski definition) is 2. The number of rotatable bonds is 19. The Kier molecular flexibility index (Phi) is 14.7. The minimum absolute atomic E-state index is 0.0717. The highest BCUT2D eigenvalue weighted by atomic mass is 35.5. The number of nitrogens with zero attached hydrogens (tertiary/aromatic N) is 3. The highest BCUT2D eigenvalue weighted by Crippen LogP contribution is 2.49. The molecule has 0 spiro atoms. The van der Waals surface area contributed by atoms with Gasteiger partial charge in [-0.1, -0.05) is 83.9 Å². The van der Waals surface area contributed by atoms with E-state index in [1.165, 1.54) is 30.3 Å². The van der Waals surface area contributed by atoms with E-state index in [4.69, 9.17) is 42.1 Å². The first kappa shape index (κ1) is 49.3. The van der Waals surface area contributed by atoms with Crippen LogP contribution < -0.4 is 24.3 Å². The number of hydrogen-bond acceptors (Lipinski definition) is 10. The first-order chi connectivity index (χ1) is 33.7. The van der Waals surface area contributed by atoms with Gasteiger partial charge in [0.25, 0.3) is 0 Å². The van der Waals surface area contributed by atoms with Crippen molar-refractivity contribution >= 4 is 45.3 Å². The Balaban J connectivity index is 0.990. The average molecular weight is 1020 g/mol. The van der Waals surface area contributed by atoms with Crippen LogP contribution in [0.3, 0.4) is 0 Å². The number of piperidine rings is 3. The largest absolute Gasteiger partial charge is 0.619 e. The Morgan fingerprint density at radius 3 is 2.27 bits per heavy atom. The second-order valence-corrected chi connectivity index (χ2v) is 21.1. The van der Waals surface area contributed by atoms with E-state index in [0.717, 1.165) is 73.1 Å². The number of aliphatic carboxylic acids is 1. The maximum Gasteiger partial charge on any atom is 0.408 e. The number of carboxylic acid groups (broad SMARTS) is 1. The van der Waals surface area contributed by atoms with E-state index < -0.39 is 46.2 Å². The van der Waals surface area contributed by atoms with Gasteiger partial charge in [0.1, 0.15) is 34.0 Å². The van der Waals surface area contributed by atoms with Crippen molar-refractivity contribution in [2.24, 2.45) is 11.8 Å². The number of sulfonamides is 1. The molecule has 4 aliphatic heterocycles. The lowest BCUT2D eigenvalue weighted by Crippen LogP contribution is -2.57. The first-order valence-electron chi connectivity index (χ1n) is 23.3. The number of nitrogens with one attached hydrogen (secondary N) is 1. The number of pyridine rings is 1. The standard InChI is InChI=1S/C51H52Cl2F2N4O10S/c52-42-27-58(63)28-43(53)40(42)26-41(36-15-16-44(68-49(54)55)45(25-36)67-30-32-13-14-32)51(48(60)61)19-6-20-59(51)70(64,65)39-12-4-7-33(23-39)31-66-38-11-5-10-37(24-38)47(35-8-2-1-3-9-35)56-50(62)69-46-29-57-21-17-34(46)18-22-57/h1-5,7-12,15-16,23-25,27-28,32,34,41,46-47,49H,6,13-14,17-22,26,29-31H2,(H,56,62)(H,60,61)/t41-,46-,47-,51-/m0/s1. The van der Waals surface area contributed by atoms with Crippen molar-refractivity contribution in [3.63, 3.8) is 0 Å².